The maximum atomic E-state index is 12.5. The zero-order valence-electron chi connectivity index (χ0n) is 10.4. The second-order valence-electron chi connectivity index (χ2n) is 4.56. The van der Waals surface area contributed by atoms with Gasteiger partial charge in [-0.3, -0.25) is 4.79 Å². The number of halogens is 3. The molecule has 0 spiro atoms. The lowest BCUT2D eigenvalue weighted by Gasteiger charge is -2.36. The molecule has 0 radical (unpaired) electrons. The molecular weight excluding hydrogens is 309 g/mol. The predicted molar refractivity (Wildman–Crippen MR) is 77.4 cm³/mol. The van der Waals surface area contributed by atoms with E-state index in [1.807, 2.05) is 6.92 Å². The van der Waals surface area contributed by atoms with Crippen LogP contribution in [0.15, 0.2) is 18.2 Å². The van der Waals surface area contributed by atoms with Crippen molar-refractivity contribution in [2.75, 3.05) is 19.0 Å². The maximum Gasteiger partial charge on any atom is 0.255 e. The van der Waals surface area contributed by atoms with E-state index in [9.17, 15) is 4.79 Å². The molecule has 1 fully saturated rings. The van der Waals surface area contributed by atoms with Crippen LogP contribution in [0.3, 0.4) is 0 Å². The maximum absolute atomic E-state index is 12.5. The first-order valence-corrected chi connectivity index (χ1v) is 7.26. The molecule has 1 amide bonds. The molecule has 0 saturated carbocycles. The molecule has 2 atom stereocenters. The third-order valence-corrected chi connectivity index (χ3v) is 3.85. The molecule has 19 heavy (non-hydrogen) atoms. The summed E-state index contributed by atoms with van der Waals surface area (Å²) in [6.07, 6.45) is -0.188. The Balaban J connectivity index is 2.21. The Kier molecular flexibility index (Phi) is 4.96. The number of carbonyl (C=O) groups is 1. The highest BCUT2D eigenvalue weighted by atomic mass is 35.5. The Morgan fingerprint density at radius 1 is 1.42 bits per heavy atom. The Hall–Kier alpha value is -0.480. The smallest absolute Gasteiger partial charge is 0.255 e. The Labute approximate surface area is 127 Å². The monoisotopic (exact) mass is 321 g/mol. The molecule has 1 saturated heterocycles. The normalized spacial score (nSPS) is 23.5. The van der Waals surface area contributed by atoms with E-state index in [0.29, 0.717) is 34.6 Å². The summed E-state index contributed by atoms with van der Waals surface area (Å²) in [5.41, 5.74) is 0.414. The van der Waals surface area contributed by atoms with Gasteiger partial charge in [-0.25, -0.2) is 0 Å². The molecule has 0 N–H and O–H groups in total. The number of benzene rings is 1. The quantitative estimate of drug-likeness (QED) is 0.780. The van der Waals surface area contributed by atoms with Gasteiger partial charge in [0.05, 0.1) is 28.7 Å². The molecule has 0 aromatic heterocycles. The number of morpholine rings is 1. The van der Waals surface area contributed by atoms with Crippen molar-refractivity contribution in [3.05, 3.63) is 33.8 Å². The van der Waals surface area contributed by atoms with Gasteiger partial charge in [0.1, 0.15) is 0 Å². The molecule has 1 aromatic rings. The van der Waals surface area contributed by atoms with Crippen LogP contribution < -0.4 is 0 Å². The van der Waals surface area contributed by atoms with Crippen molar-refractivity contribution >= 4 is 40.7 Å². The second kappa shape index (κ2) is 6.31. The first-order chi connectivity index (χ1) is 9.01. The van der Waals surface area contributed by atoms with E-state index in [-0.39, 0.29) is 18.1 Å². The van der Waals surface area contributed by atoms with Crippen LogP contribution in [0, 0.1) is 0 Å². The van der Waals surface area contributed by atoms with E-state index in [0.717, 1.165) is 0 Å². The van der Waals surface area contributed by atoms with Crippen molar-refractivity contribution in [2.24, 2.45) is 0 Å². The van der Waals surface area contributed by atoms with Crippen molar-refractivity contribution in [3.8, 4) is 0 Å². The molecule has 2 unspecified atom stereocenters. The van der Waals surface area contributed by atoms with Crippen molar-refractivity contribution in [2.45, 2.75) is 19.1 Å². The van der Waals surface area contributed by atoms with Crippen LogP contribution in [-0.2, 0) is 4.74 Å². The fourth-order valence-electron chi connectivity index (χ4n) is 2.13. The highest BCUT2D eigenvalue weighted by Crippen LogP contribution is 2.24. The predicted octanol–water partition coefficient (Wildman–Crippen LogP) is 3.46. The van der Waals surface area contributed by atoms with Gasteiger partial charge in [-0.2, -0.15) is 0 Å². The molecule has 6 heteroatoms. The van der Waals surface area contributed by atoms with E-state index in [4.69, 9.17) is 39.5 Å². The van der Waals surface area contributed by atoms with Gasteiger partial charge in [-0.1, -0.05) is 23.2 Å². The molecule has 0 bridgehead atoms. The average Bonchev–Trinajstić information content (AvgIpc) is 2.40. The van der Waals surface area contributed by atoms with E-state index in [2.05, 4.69) is 0 Å². The van der Waals surface area contributed by atoms with Crippen molar-refractivity contribution in [1.29, 1.82) is 0 Å². The van der Waals surface area contributed by atoms with Gasteiger partial charge in [0, 0.05) is 18.1 Å². The van der Waals surface area contributed by atoms with Gasteiger partial charge in [0.15, 0.2) is 0 Å². The third kappa shape index (κ3) is 3.54. The minimum Gasteiger partial charge on any atom is -0.370 e. The Bertz CT molecular complexity index is 481. The first-order valence-electron chi connectivity index (χ1n) is 5.97. The summed E-state index contributed by atoms with van der Waals surface area (Å²) in [6.45, 7) is 2.91. The molecule has 1 aromatic carbocycles. The molecule has 1 aliphatic rings. The minimum atomic E-state index is -0.146. The molecule has 104 valence electrons. The van der Waals surface area contributed by atoms with Gasteiger partial charge in [0.25, 0.3) is 5.91 Å². The number of carbonyl (C=O) groups excluding carboxylic acids is 1. The summed E-state index contributed by atoms with van der Waals surface area (Å²) >= 11 is 17.8. The van der Waals surface area contributed by atoms with E-state index >= 15 is 0 Å². The summed E-state index contributed by atoms with van der Waals surface area (Å²) in [5, 5.41) is 0.888. The molecule has 1 heterocycles. The fourth-order valence-corrected chi connectivity index (χ4v) is 2.67. The van der Waals surface area contributed by atoms with Gasteiger partial charge < -0.3 is 9.64 Å². The van der Waals surface area contributed by atoms with Crippen LogP contribution in [-0.4, -0.2) is 42.0 Å². The summed E-state index contributed by atoms with van der Waals surface area (Å²) < 4.78 is 5.62. The standard InChI is InChI=1S/C13H14Cl3NO2/c1-8-6-17(7-10(5-14)19-8)13(18)11-4-9(15)2-3-12(11)16/h2-4,8,10H,5-7H2,1H3. The molecule has 1 aliphatic heterocycles. The van der Waals surface area contributed by atoms with E-state index in [1.165, 1.54) is 0 Å². The van der Waals surface area contributed by atoms with Crippen molar-refractivity contribution in [1.82, 2.24) is 4.90 Å². The number of hydrogen-bond donors (Lipinski definition) is 0. The average molecular weight is 323 g/mol. The fraction of sp³-hybridized carbons (Fsp3) is 0.462. The lowest BCUT2D eigenvalue weighted by atomic mass is 10.1. The number of ether oxygens (including phenoxy) is 1. The number of alkyl halides is 1. The summed E-state index contributed by atoms with van der Waals surface area (Å²) in [6, 6.07) is 4.87. The van der Waals surface area contributed by atoms with Gasteiger partial charge in [-0.05, 0) is 25.1 Å². The van der Waals surface area contributed by atoms with E-state index in [1.54, 1.807) is 23.1 Å². The summed E-state index contributed by atoms with van der Waals surface area (Å²) in [4.78, 5) is 14.2. The molecular formula is C13H14Cl3NO2. The van der Waals surface area contributed by atoms with Crippen LogP contribution in [0.2, 0.25) is 10.0 Å². The van der Waals surface area contributed by atoms with Crippen LogP contribution in [0.25, 0.3) is 0 Å². The summed E-state index contributed by atoms with van der Waals surface area (Å²) in [7, 11) is 0. The minimum absolute atomic E-state index is 0.0422. The largest absolute Gasteiger partial charge is 0.370 e. The van der Waals surface area contributed by atoms with Crippen LogP contribution in [0.1, 0.15) is 17.3 Å². The highest BCUT2D eigenvalue weighted by molar-refractivity contribution is 6.35. The van der Waals surface area contributed by atoms with Crippen molar-refractivity contribution < 1.29 is 9.53 Å². The van der Waals surface area contributed by atoms with E-state index < -0.39 is 0 Å². The highest BCUT2D eigenvalue weighted by Gasteiger charge is 2.29. The number of hydrogen-bond acceptors (Lipinski definition) is 2. The topological polar surface area (TPSA) is 29.5 Å². The van der Waals surface area contributed by atoms with Crippen molar-refractivity contribution in [3.63, 3.8) is 0 Å². The third-order valence-electron chi connectivity index (χ3n) is 2.94. The van der Waals surface area contributed by atoms with Crippen LogP contribution in [0.4, 0.5) is 0 Å². The Morgan fingerprint density at radius 3 is 2.84 bits per heavy atom. The lowest BCUT2D eigenvalue weighted by molar-refractivity contribution is -0.0570. The van der Waals surface area contributed by atoms with Gasteiger partial charge in [0.2, 0.25) is 0 Å². The SMILES string of the molecule is CC1CN(C(=O)c2cc(Cl)ccc2Cl)CC(CCl)O1. The van der Waals surface area contributed by atoms with Gasteiger partial charge >= 0.3 is 0 Å². The summed E-state index contributed by atoms with van der Waals surface area (Å²) in [5.74, 6) is 0.218. The van der Waals surface area contributed by atoms with Gasteiger partial charge in [-0.15, -0.1) is 11.6 Å². The van der Waals surface area contributed by atoms with Crippen LogP contribution in [0.5, 0.6) is 0 Å². The van der Waals surface area contributed by atoms with Crippen LogP contribution >= 0.6 is 34.8 Å². The molecule has 2 rings (SSSR count). The zero-order chi connectivity index (χ0) is 14.0. The number of nitrogens with zero attached hydrogens (tertiary/aromatic N) is 1. The molecule has 3 nitrogen and oxygen atoms in total. The first kappa shape index (κ1) is 14.9. The number of amides is 1. The molecule has 0 aliphatic carbocycles. The zero-order valence-corrected chi connectivity index (χ0v) is 12.7. The Morgan fingerprint density at radius 2 is 2.16 bits per heavy atom. The number of rotatable bonds is 2. The lowest BCUT2D eigenvalue weighted by Crippen LogP contribution is -2.49. The second-order valence-corrected chi connectivity index (χ2v) is 5.71.